The lowest BCUT2D eigenvalue weighted by Crippen LogP contribution is -2.24. The fourth-order valence-corrected chi connectivity index (χ4v) is 3.33. The van der Waals surface area contributed by atoms with Crippen LogP contribution in [0.25, 0.3) is 0 Å². The SMILES string of the molecule is C#Cc1cnc(Nc2cc(NCC3CCCCC3)c(C(=O)N(C)C)cn2)cn1. The van der Waals surface area contributed by atoms with E-state index in [1.54, 1.807) is 31.4 Å². The molecule has 3 rings (SSSR count). The summed E-state index contributed by atoms with van der Waals surface area (Å²) in [5.41, 5.74) is 1.80. The minimum Gasteiger partial charge on any atom is -0.384 e. The Balaban J connectivity index is 1.79. The average molecular weight is 378 g/mol. The molecule has 1 amide bonds. The van der Waals surface area contributed by atoms with Gasteiger partial charge < -0.3 is 15.5 Å². The molecule has 2 heterocycles. The van der Waals surface area contributed by atoms with Crippen LogP contribution >= 0.6 is 0 Å². The summed E-state index contributed by atoms with van der Waals surface area (Å²) in [4.78, 5) is 26.8. The average Bonchev–Trinajstić information content (AvgIpc) is 2.73. The second kappa shape index (κ2) is 9.18. The number of carbonyl (C=O) groups is 1. The van der Waals surface area contributed by atoms with Crippen LogP contribution in [0.5, 0.6) is 0 Å². The van der Waals surface area contributed by atoms with Gasteiger partial charge in [0.1, 0.15) is 17.3 Å². The molecule has 1 aliphatic rings. The van der Waals surface area contributed by atoms with Crippen molar-refractivity contribution in [1.29, 1.82) is 0 Å². The predicted octanol–water partition coefficient (Wildman–Crippen LogP) is 3.29. The summed E-state index contributed by atoms with van der Waals surface area (Å²) in [6.07, 6.45) is 16.3. The van der Waals surface area contributed by atoms with Crippen LogP contribution in [-0.4, -0.2) is 46.4 Å². The van der Waals surface area contributed by atoms with Crippen LogP contribution in [0.3, 0.4) is 0 Å². The smallest absolute Gasteiger partial charge is 0.257 e. The van der Waals surface area contributed by atoms with Gasteiger partial charge in [-0.05, 0) is 24.7 Å². The van der Waals surface area contributed by atoms with Gasteiger partial charge in [0.25, 0.3) is 5.91 Å². The van der Waals surface area contributed by atoms with E-state index in [1.807, 2.05) is 6.07 Å². The van der Waals surface area contributed by atoms with Crippen LogP contribution in [0.1, 0.15) is 48.2 Å². The van der Waals surface area contributed by atoms with E-state index in [2.05, 4.69) is 31.5 Å². The maximum Gasteiger partial charge on any atom is 0.257 e. The molecule has 0 unspecified atom stereocenters. The third kappa shape index (κ3) is 4.97. The maximum absolute atomic E-state index is 12.5. The standard InChI is InChI=1S/C21H26N6O/c1-4-16-12-24-20(14-22-16)26-19-10-18(17(13-25-19)21(28)27(2)3)23-11-15-8-6-5-7-9-15/h1,10,12-15H,5-9,11H2,2-3H3,(H2,23,24,25,26). The van der Waals surface area contributed by atoms with Crippen LogP contribution < -0.4 is 10.6 Å². The van der Waals surface area contributed by atoms with Gasteiger partial charge in [0.15, 0.2) is 0 Å². The molecule has 1 aliphatic carbocycles. The highest BCUT2D eigenvalue weighted by Crippen LogP contribution is 2.26. The van der Waals surface area contributed by atoms with Crippen molar-refractivity contribution < 1.29 is 4.79 Å². The van der Waals surface area contributed by atoms with E-state index in [0.717, 1.165) is 12.2 Å². The molecule has 0 atom stereocenters. The first-order valence-electron chi connectivity index (χ1n) is 9.58. The number of aromatic nitrogens is 3. The van der Waals surface area contributed by atoms with E-state index >= 15 is 0 Å². The Labute approximate surface area is 166 Å². The first-order chi connectivity index (χ1) is 13.6. The normalized spacial score (nSPS) is 14.2. The Kier molecular flexibility index (Phi) is 6.43. The Morgan fingerprint density at radius 2 is 1.89 bits per heavy atom. The van der Waals surface area contributed by atoms with Gasteiger partial charge in [-0.1, -0.05) is 19.3 Å². The summed E-state index contributed by atoms with van der Waals surface area (Å²) < 4.78 is 0. The highest BCUT2D eigenvalue weighted by molar-refractivity contribution is 5.99. The van der Waals surface area contributed by atoms with E-state index < -0.39 is 0 Å². The molecule has 28 heavy (non-hydrogen) atoms. The second-order valence-corrected chi connectivity index (χ2v) is 7.26. The Morgan fingerprint density at radius 3 is 2.54 bits per heavy atom. The number of terminal acetylenes is 1. The molecular formula is C21H26N6O. The van der Waals surface area contributed by atoms with Gasteiger partial charge in [-0.3, -0.25) is 4.79 Å². The van der Waals surface area contributed by atoms with Gasteiger partial charge in [0, 0.05) is 32.9 Å². The molecule has 0 aliphatic heterocycles. The maximum atomic E-state index is 12.5. The third-order valence-electron chi connectivity index (χ3n) is 4.90. The van der Waals surface area contributed by atoms with Crippen molar-refractivity contribution in [1.82, 2.24) is 19.9 Å². The fraction of sp³-hybridized carbons (Fsp3) is 0.429. The van der Waals surface area contributed by atoms with Crippen molar-refractivity contribution >= 4 is 23.2 Å². The van der Waals surface area contributed by atoms with E-state index in [1.165, 1.54) is 38.3 Å². The van der Waals surface area contributed by atoms with Crippen molar-refractivity contribution in [2.24, 2.45) is 5.92 Å². The molecule has 2 aromatic heterocycles. The molecule has 1 saturated carbocycles. The highest BCUT2D eigenvalue weighted by atomic mass is 16.2. The summed E-state index contributed by atoms with van der Waals surface area (Å²) in [6.45, 7) is 0.855. The minimum absolute atomic E-state index is 0.0802. The lowest BCUT2D eigenvalue weighted by atomic mass is 9.89. The number of hydrogen-bond acceptors (Lipinski definition) is 6. The fourth-order valence-electron chi connectivity index (χ4n) is 3.33. The van der Waals surface area contributed by atoms with Gasteiger partial charge in [-0.25, -0.2) is 15.0 Å². The van der Waals surface area contributed by atoms with E-state index in [4.69, 9.17) is 6.42 Å². The molecule has 7 nitrogen and oxygen atoms in total. The molecule has 1 fully saturated rings. The first-order valence-corrected chi connectivity index (χ1v) is 9.58. The molecule has 0 aromatic carbocycles. The number of anilines is 3. The Hall–Kier alpha value is -3.14. The number of hydrogen-bond donors (Lipinski definition) is 2. The van der Waals surface area contributed by atoms with Crippen LogP contribution in [0.4, 0.5) is 17.3 Å². The number of nitrogens with zero attached hydrogens (tertiary/aromatic N) is 4. The van der Waals surface area contributed by atoms with Gasteiger partial charge in [-0.2, -0.15) is 0 Å². The zero-order chi connectivity index (χ0) is 19.9. The molecule has 0 bridgehead atoms. The third-order valence-corrected chi connectivity index (χ3v) is 4.90. The number of pyridine rings is 1. The lowest BCUT2D eigenvalue weighted by molar-refractivity contribution is 0.0828. The Bertz CT molecular complexity index is 850. The quantitative estimate of drug-likeness (QED) is 0.751. The molecule has 0 radical (unpaired) electrons. The van der Waals surface area contributed by atoms with Crippen molar-refractivity contribution in [2.75, 3.05) is 31.3 Å². The van der Waals surface area contributed by atoms with E-state index in [9.17, 15) is 4.79 Å². The van der Waals surface area contributed by atoms with Gasteiger partial charge in [-0.15, -0.1) is 6.42 Å². The largest absolute Gasteiger partial charge is 0.384 e. The van der Waals surface area contributed by atoms with Gasteiger partial charge in [0.2, 0.25) is 0 Å². The molecule has 0 saturated heterocycles. The summed E-state index contributed by atoms with van der Waals surface area (Å²) in [5.74, 6) is 4.12. The number of rotatable bonds is 6. The number of amides is 1. The van der Waals surface area contributed by atoms with E-state index in [0.29, 0.717) is 28.8 Å². The first kappa shape index (κ1) is 19.6. The topological polar surface area (TPSA) is 83.0 Å². The van der Waals surface area contributed by atoms with Gasteiger partial charge in [0.05, 0.1) is 23.6 Å². The van der Waals surface area contributed by atoms with Crippen LogP contribution in [0.2, 0.25) is 0 Å². The molecular weight excluding hydrogens is 352 g/mol. The lowest BCUT2D eigenvalue weighted by Gasteiger charge is -2.23. The Morgan fingerprint density at radius 1 is 1.14 bits per heavy atom. The highest BCUT2D eigenvalue weighted by Gasteiger charge is 2.18. The number of nitrogens with one attached hydrogen (secondary N) is 2. The van der Waals surface area contributed by atoms with Crippen molar-refractivity contribution in [3.8, 4) is 12.3 Å². The number of carbonyl (C=O) groups excluding carboxylic acids is 1. The summed E-state index contributed by atoms with van der Waals surface area (Å²) >= 11 is 0. The zero-order valence-corrected chi connectivity index (χ0v) is 16.4. The van der Waals surface area contributed by atoms with Crippen LogP contribution in [0, 0.1) is 18.3 Å². The summed E-state index contributed by atoms with van der Waals surface area (Å²) in [5, 5.41) is 6.58. The van der Waals surface area contributed by atoms with Crippen LogP contribution in [-0.2, 0) is 0 Å². The van der Waals surface area contributed by atoms with Crippen molar-refractivity contribution in [3.05, 3.63) is 35.9 Å². The molecule has 2 aromatic rings. The summed E-state index contributed by atoms with van der Waals surface area (Å²) in [6, 6.07) is 1.84. The molecule has 0 spiro atoms. The molecule has 7 heteroatoms. The van der Waals surface area contributed by atoms with Crippen molar-refractivity contribution in [3.63, 3.8) is 0 Å². The minimum atomic E-state index is -0.0802. The molecule has 146 valence electrons. The van der Waals surface area contributed by atoms with Crippen LogP contribution in [0.15, 0.2) is 24.7 Å². The zero-order valence-electron chi connectivity index (χ0n) is 16.4. The van der Waals surface area contributed by atoms with Gasteiger partial charge >= 0.3 is 0 Å². The van der Waals surface area contributed by atoms with E-state index in [-0.39, 0.29) is 5.91 Å². The monoisotopic (exact) mass is 378 g/mol. The predicted molar refractivity (Wildman–Crippen MR) is 111 cm³/mol. The van der Waals surface area contributed by atoms with Crippen molar-refractivity contribution in [2.45, 2.75) is 32.1 Å². The summed E-state index contributed by atoms with van der Waals surface area (Å²) in [7, 11) is 3.48. The second-order valence-electron chi connectivity index (χ2n) is 7.26. The molecule has 2 N–H and O–H groups in total.